The van der Waals surface area contributed by atoms with Crippen LogP contribution in [0.3, 0.4) is 0 Å². The number of carboxylic acid groups (broad SMARTS) is 1. The van der Waals surface area contributed by atoms with Gasteiger partial charge >= 0.3 is 5.97 Å². The first-order valence-electron chi connectivity index (χ1n) is 5.83. The fourth-order valence-corrected chi connectivity index (χ4v) is 2.00. The molecule has 0 saturated carbocycles. The highest BCUT2D eigenvalue weighted by Crippen LogP contribution is 2.26. The first kappa shape index (κ1) is 13.1. The van der Waals surface area contributed by atoms with Crippen LogP contribution in [0, 0.1) is 6.92 Å². The maximum atomic E-state index is 11.9. The summed E-state index contributed by atoms with van der Waals surface area (Å²) in [7, 11) is 1.43. The molecule has 0 fully saturated rings. The van der Waals surface area contributed by atoms with Crippen LogP contribution in [0.25, 0.3) is 10.9 Å². The first-order valence-corrected chi connectivity index (χ1v) is 5.83. The molecule has 1 aromatic heterocycles. The zero-order valence-corrected chi connectivity index (χ0v) is 10.7. The van der Waals surface area contributed by atoms with Crippen LogP contribution in [-0.4, -0.2) is 35.1 Å². The fraction of sp³-hybridized carbons (Fsp3) is 0.231. The van der Waals surface area contributed by atoms with E-state index in [2.05, 4.69) is 15.6 Å². The van der Waals surface area contributed by atoms with Gasteiger partial charge in [0.2, 0.25) is 0 Å². The number of likely N-dealkylation sites (N-methyl/N-ethyl adjacent to an activating group) is 1. The summed E-state index contributed by atoms with van der Waals surface area (Å²) in [6.07, 6.45) is 0. The Morgan fingerprint density at radius 2 is 2.00 bits per heavy atom. The Hall–Kier alpha value is -2.34. The predicted molar refractivity (Wildman–Crippen MR) is 72.1 cm³/mol. The number of rotatable bonds is 4. The summed E-state index contributed by atoms with van der Waals surface area (Å²) < 4.78 is 0. The third-order valence-electron chi connectivity index (χ3n) is 2.94. The number of carbonyl (C=O) groups excluding carboxylic acids is 1. The molecule has 19 heavy (non-hydrogen) atoms. The number of carboxylic acids is 1. The number of hydrogen-bond donors (Lipinski definition) is 4. The molecule has 6 heteroatoms. The average Bonchev–Trinajstić information content (AvgIpc) is 2.66. The van der Waals surface area contributed by atoms with Crippen molar-refractivity contribution in [1.82, 2.24) is 10.3 Å². The second-order valence-electron chi connectivity index (χ2n) is 4.22. The molecule has 1 unspecified atom stereocenters. The van der Waals surface area contributed by atoms with E-state index in [9.17, 15) is 9.59 Å². The van der Waals surface area contributed by atoms with E-state index < -0.39 is 17.9 Å². The molecule has 0 bridgehead atoms. The zero-order valence-electron chi connectivity index (χ0n) is 10.7. The van der Waals surface area contributed by atoms with Gasteiger partial charge in [-0.2, -0.15) is 0 Å². The van der Waals surface area contributed by atoms with Crippen LogP contribution in [0.5, 0.6) is 0 Å². The molecule has 4 N–H and O–H groups in total. The number of aryl methyl sites for hydroxylation is 1. The summed E-state index contributed by atoms with van der Waals surface area (Å²) in [6.45, 7) is 1.82. The van der Waals surface area contributed by atoms with Crippen LogP contribution in [0.2, 0.25) is 0 Å². The molecule has 1 heterocycles. The van der Waals surface area contributed by atoms with Gasteiger partial charge in [0.25, 0.3) is 5.91 Å². The van der Waals surface area contributed by atoms with Gasteiger partial charge in [-0.1, -0.05) is 18.2 Å². The minimum absolute atomic E-state index is 0.595. The lowest BCUT2D eigenvalue weighted by Crippen LogP contribution is -2.44. The van der Waals surface area contributed by atoms with Crippen LogP contribution in [0.1, 0.15) is 5.69 Å². The van der Waals surface area contributed by atoms with Gasteiger partial charge in [-0.15, -0.1) is 0 Å². The maximum Gasteiger partial charge on any atom is 0.330 e. The van der Waals surface area contributed by atoms with Gasteiger partial charge in [0, 0.05) is 16.6 Å². The summed E-state index contributed by atoms with van der Waals surface area (Å²) in [5.74, 6) is -1.81. The Morgan fingerprint density at radius 3 is 2.63 bits per heavy atom. The van der Waals surface area contributed by atoms with Crippen LogP contribution < -0.4 is 10.6 Å². The van der Waals surface area contributed by atoms with Crippen molar-refractivity contribution in [2.45, 2.75) is 13.0 Å². The van der Waals surface area contributed by atoms with Crippen molar-refractivity contribution in [1.29, 1.82) is 0 Å². The molecule has 0 saturated heterocycles. The lowest BCUT2D eigenvalue weighted by molar-refractivity contribution is -0.142. The second-order valence-corrected chi connectivity index (χ2v) is 4.22. The van der Waals surface area contributed by atoms with E-state index in [1.807, 2.05) is 31.2 Å². The number of anilines is 1. The Balaban J connectivity index is 2.33. The largest absolute Gasteiger partial charge is 0.480 e. The van der Waals surface area contributed by atoms with Crippen molar-refractivity contribution in [3.05, 3.63) is 30.0 Å². The number of amides is 1. The van der Waals surface area contributed by atoms with E-state index in [1.54, 1.807) is 0 Å². The molecular weight excluding hydrogens is 246 g/mol. The summed E-state index contributed by atoms with van der Waals surface area (Å²) in [4.78, 5) is 26.0. The molecule has 0 spiro atoms. The quantitative estimate of drug-likeness (QED) is 0.620. The third kappa shape index (κ3) is 2.43. The molecule has 100 valence electrons. The van der Waals surface area contributed by atoms with Crippen molar-refractivity contribution in [2.24, 2.45) is 0 Å². The molecule has 1 aromatic carbocycles. The Labute approximate surface area is 109 Å². The van der Waals surface area contributed by atoms with Gasteiger partial charge in [-0.3, -0.25) is 10.1 Å². The lowest BCUT2D eigenvalue weighted by atomic mass is 10.2. The van der Waals surface area contributed by atoms with Crippen molar-refractivity contribution >= 4 is 28.5 Å². The molecule has 0 aliphatic rings. The Bertz CT molecular complexity index is 633. The van der Waals surface area contributed by atoms with Gasteiger partial charge in [0.1, 0.15) is 0 Å². The van der Waals surface area contributed by atoms with Crippen LogP contribution in [-0.2, 0) is 9.59 Å². The Morgan fingerprint density at radius 1 is 1.32 bits per heavy atom. The monoisotopic (exact) mass is 261 g/mol. The SMILES string of the molecule is CNC(C(=O)O)C(=O)Nc1c(C)[nH]c2ccccc12. The summed E-state index contributed by atoms with van der Waals surface area (Å²) in [6, 6.07) is 6.23. The fourth-order valence-electron chi connectivity index (χ4n) is 2.00. The normalized spacial score (nSPS) is 12.3. The zero-order chi connectivity index (χ0) is 14.0. The summed E-state index contributed by atoms with van der Waals surface area (Å²) >= 11 is 0. The maximum absolute atomic E-state index is 11.9. The van der Waals surface area contributed by atoms with Crippen LogP contribution >= 0.6 is 0 Å². The topological polar surface area (TPSA) is 94.2 Å². The van der Waals surface area contributed by atoms with E-state index in [0.717, 1.165) is 16.6 Å². The highest BCUT2D eigenvalue weighted by Gasteiger charge is 2.25. The standard InChI is InChI=1S/C13H15N3O3/c1-7-10(8-5-3-4-6-9(8)15-7)16-12(17)11(14-2)13(18)19/h3-6,11,14-15H,1-2H3,(H,16,17)(H,18,19). The highest BCUT2D eigenvalue weighted by atomic mass is 16.4. The highest BCUT2D eigenvalue weighted by molar-refractivity contribution is 6.11. The number of fused-ring (bicyclic) bond motifs is 1. The first-order chi connectivity index (χ1) is 9.04. The predicted octanol–water partition coefficient (Wildman–Crippen LogP) is 1.09. The number of hydrogen-bond acceptors (Lipinski definition) is 3. The number of benzene rings is 1. The van der Waals surface area contributed by atoms with E-state index in [0.29, 0.717) is 5.69 Å². The molecule has 2 rings (SSSR count). The minimum Gasteiger partial charge on any atom is -0.480 e. The molecule has 0 radical (unpaired) electrons. The molecule has 6 nitrogen and oxygen atoms in total. The van der Waals surface area contributed by atoms with Gasteiger partial charge in [-0.05, 0) is 20.0 Å². The number of H-pyrrole nitrogens is 1. The number of aromatic amines is 1. The van der Waals surface area contributed by atoms with E-state index in [-0.39, 0.29) is 0 Å². The summed E-state index contributed by atoms with van der Waals surface area (Å²) in [5, 5.41) is 14.9. The molecule has 1 atom stereocenters. The molecule has 0 aliphatic carbocycles. The van der Waals surface area contributed by atoms with Crippen molar-refractivity contribution in [3.63, 3.8) is 0 Å². The minimum atomic E-state index is -1.27. The van der Waals surface area contributed by atoms with Gasteiger partial charge in [-0.25, -0.2) is 4.79 Å². The van der Waals surface area contributed by atoms with E-state index >= 15 is 0 Å². The third-order valence-corrected chi connectivity index (χ3v) is 2.94. The Kier molecular flexibility index (Phi) is 3.52. The number of nitrogens with one attached hydrogen (secondary N) is 3. The van der Waals surface area contributed by atoms with Crippen molar-refractivity contribution in [2.75, 3.05) is 12.4 Å². The number of para-hydroxylation sites is 1. The molecule has 2 aromatic rings. The van der Waals surface area contributed by atoms with Gasteiger partial charge < -0.3 is 15.4 Å². The van der Waals surface area contributed by atoms with Gasteiger partial charge in [0.15, 0.2) is 6.04 Å². The van der Waals surface area contributed by atoms with Crippen molar-refractivity contribution in [3.8, 4) is 0 Å². The van der Waals surface area contributed by atoms with Crippen molar-refractivity contribution < 1.29 is 14.7 Å². The number of carbonyl (C=O) groups is 2. The van der Waals surface area contributed by atoms with Crippen LogP contribution in [0.15, 0.2) is 24.3 Å². The number of aliphatic carboxylic acids is 1. The number of aromatic nitrogens is 1. The lowest BCUT2D eigenvalue weighted by Gasteiger charge is -2.11. The second kappa shape index (κ2) is 5.11. The van der Waals surface area contributed by atoms with Crippen LogP contribution in [0.4, 0.5) is 5.69 Å². The molecular formula is C13H15N3O3. The average molecular weight is 261 g/mol. The van der Waals surface area contributed by atoms with E-state index in [4.69, 9.17) is 5.11 Å². The van der Waals surface area contributed by atoms with Gasteiger partial charge in [0.05, 0.1) is 5.69 Å². The molecule has 1 amide bonds. The smallest absolute Gasteiger partial charge is 0.330 e. The van der Waals surface area contributed by atoms with E-state index in [1.165, 1.54) is 7.05 Å². The summed E-state index contributed by atoms with van der Waals surface area (Å²) in [5.41, 5.74) is 2.29. The molecule has 0 aliphatic heterocycles.